The van der Waals surface area contributed by atoms with Crippen LogP contribution in [0.15, 0.2) is 40.9 Å². The Morgan fingerprint density at radius 1 is 1.20 bits per heavy atom. The lowest BCUT2D eigenvalue weighted by molar-refractivity contribution is -0.143. The molecular weight excluding hydrogens is 450 g/mol. The first-order valence-electron chi connectivity index (χ1n) is 10.1. The van der Waals surface area contributed by atoms with Crippen molar-refractivity contribution in [1.29, 1.82) is 0 Å². The smallest absolute Gasteiger partial charge is 0.307 e. The third-order valence-corrected chi connectivity index (χ3v) is 5.97. The summed E-state index contributed by atoms with van der Waals surface area (Å²) in [4.78, 5) is 14.0. The normalized spacial score (nSPS) is 17.9. The van der Waals surface area contributed by atoms with Crippen LogP contribution < -0.4 is 14.2 Å². The Bertz CT molecular complexity index is 866. The van der Waals surface area contributed by atoms with Crippen LogP contribution in [0.1, 0.15) is 36.9 Å². The van der Waals surface area contributed by atoms with E-state index in [1.165, 1.54) is 0 Å². The van der Waals surface area contributed by atoms with Crippen molar-refractivity contribution in [2.24, 2.45) is 5.92 Å². The number of piperidine rings is 1. The molecule has 1 aliphatic heterocycles. The Hall–Kier alpha value is -2.25. The fraction of sp³-hybridized carbons (Fsp3) is 0.435. The molecule has 3 rings (SSSR count). The van der Waals surface area contributed by atoms with E-state index >= 15 is 0 Å². The molecule has 2 aromatic rings. The van der Waals surface area contributed by atoms with E-state index in [-0.39, 0.29) is 6.04 Å². The van der Waals surface area contributed by atoms with Gasteiger partial charge >= 0.3 is 5.97 Å². The number of aliphatic carboxylic acids is 1. The maximum Gasteiger partial charge on any atom is 0.307 e. The predicted molar refractivity (Wildman–Crippen MR) is 119 cm³/mol. The van der Waals surface area contributed by atoms with Crippen molar-refractivity contribution in [3.05, 3.63) is 52.0 Å². The van der Waals surface area contributed by atoms with E-state index in [1.54, 1.807) is 14.2 Å². The lowest BCUT2D eigenvalue weighted by atomic mass is 9.90. The molecule has 1 saturated heterocycles. The molecule has 0 spiro atoms. The largest absolute Gasteiger partial charge is 0.496 e. The summed E-state index contributed by atoms with van der Waals surface area (Å²) in [5.41, 5.74) is 1.81. The van der Waals surface area contributed by atoms with Crippen LogP contribution in [0, 0.1) is 5.92 Å². The van der Waals surface area contributed by atoms with Crippen LogP contribution in [-0.2, 0) is 4.79 Å². The van der Waals surface area contributed by atoms with E-state index in [2.05, 4.69) is 20.8 Å². The van der Waals surface area contributed by atoms with Crippen LogP contribution in [-0.4, -0.2) is 49.9 Å². The topological polar surface area (TPSA) is 68.2 Å². The third kappa shape index (κ3) is 4.73. The summed E-state index contributed by atoms with van der Waals surface area (Å²) >= 11 is 3.59. The number of ether oxygens (including phenoxy) is 3. The summed E-state index contributed by atoms with van der Waals surface area (Å²) in [6.45, 7) is 3.70. The number of likely N-dealkylation sites (tertiary alicyclic amines) is 1. The summed E-state index contributed by atoms with van der Waals surface area (Å²) in [6, 6.07) is 11.3. The number of benzene rings is 2. The van der Waals surface area contributed by atoms with Crippen LogP contribution >= 0.6 is 15.9 Å². The monoisotopic (exact) mass is 477 g/mol. The van der Waals surface area contributed by atoms with Gasteiger partial charge in [0.05, 0.1) is 38.3 Å². The minimum absolute atomic E-state index is 0.280. The Balaban J connectivity index is 2.21. The van der Waals surface area contributed by atoms with Crippen molar-refractivity contribution >= 4 is 21.9 Å². The van der Waals surface area contributed by atoms with E-state index in [0.717, 1.165) is 34.3 Å². The molecule has 2 unspecified atom stereocenters. The van der Waals surface area contributed by atoms with E-state index < -0.39 is 11.9 Å². The first-order chi connectivity index (χ1) is 14.5. The van der Waals surface area contributed by atoms with Gasteiger partial charge in [0.2, 0.25) is 0 Å². The highest BCUT2D eigenvalue weighted by Gasteiger charge is 2.35. The summed E-state index contributed by atoms with van der Waals surface area (Å²) in [5, 5.41) is 9.66. The fourth-order valence-electron chi connectivity index (χ4n) is 4.15. The Kier molecular flexibility index (Phi) is 7.61. The van der Waals surface area contributed by atoms with E-state index in [9.17, 15) is 9.90 Å². The van der Waals surface area contributed by atoms with Crippen LogP contribution in [0.3, 0.4) is 0 Å². The van der Waals surface area contributed by atoms with Crippen LogP contribution in [0.5, 0.6) is 17.2 Å². The van der Waals surface area contributed by atoms with Crippen molar-refractivity contribution in [1.82, 2.24) is 4.90 Å². The quantitative estimate of drug-likeness (QED) is 0.591. The van der Waals surface area contributed by atoms with E-state index in [1.807, 2.05) is 43.3 Å². The highest BCUT2D eigenvalue weighted by Crippen LogP contribution is 2.45. The highest BCUT2D eigenvalue weighted by atomic mass is 79.9. The molecule has 0 bridgehead atoms. The zero-order valence-electron chi connectivity index (χ0n) is 17.6. The standard InChI is InChI=1S/C23H28BrNO5/c1-4-30-18-11-10-16(24)13-17(18)22(25-12-6-7-15(14-25)23(26)27)21-19(28-2)8-5-9-20(21)29-3/h5,8-11,13,15,22H,4,6-7,12,14H2,1-3H3,(H,26,27). The first kappa shape index (κ1) is 22.4. The number of hydrogen-bond acceptors (Lipinski definition) is 5. The number of carboxylic acid groups (broad SMARTS) is 1. The summed E-state index contributed by atoms with van der Waals surface area (Å²) in [7, 11) is 3.27. The van der Waals surface area contributed by atoms with Crippen molar-refractivity contribution in [3.63, 3.8) is 0 Å². The van der Waals surface area contributed by atoms with Crippen molar-refractivity contribution in [2.45, 2.75) is 25.8 Å². The molecule has 30 heavy (non-hydrogen) atoms. The lowest BCUT2D eigenvalue weighted by Crippen LogP contribution is -2.41. The number of hydrogen-bond donors (Lipinski definition) is 1. The van der Waals surface area contributed by atoms with Crippen LogP contribution in [0.25, 0.3) is 0 Å². The van der Waals surface area contributed by atoms with Crippen LogP contribution in [0.4, 0.5) is 0 Å². The number of carboxylic acids is 1. The molecule has 0 saturated carbocycles. The molecule has 2 atom stereocenters. The van der Waals surface area contributed by atoms with E-state index in [0.29, 0.717) is 31.1 Å². The zero-order valence-corrected chi connectivity index (χ0v) is 19.1. The SMILES string of the molecule is CCOc1ccc(Br)cc1C(c1c(OC)cccc1OC)N1CCCC(C(=O)O)C1. The van der Waals surface area contributed by atoms with Gasteiger partial charge < -0.3 is 19.3 Å². The molecule has 0 radical (unpaired) electrons. The van der Waals surface area contributed by atoms with Gasteiger partial charge in [-0.1, -0.05) is 22.0 Å². The average molecular weight is 478 g/mol. The molecule has 1 aliphatic rings. The minimum Gasteiger partial charge on any atom is -0.496 e. The van der Waals surface area contributed by atoms with Gasteiger partial charge in [-0.2, -0.15) is 0 Å². The Labute approximate surface area is 185 Å². The fourth-order valence-corrected chi connectivity index (χ4v) is 4.53. The molecule has 0 amide bonds. The molecule has 7 heteroatoms. The van der Waals surface area contributed by atoms with E-state index in [4.69, 9.17) is 14.2 Å². The van der Waals surface area contributed by atoms with Gasteiger partial charge in [-0.15, -0.1) is 0 Å². The number of halogens is 1. The summed E-state index contributed by atoms with van der Waals surface area (Å²) < 4.78 is 18.3. The van der Waals surface area contributed by atoms with Gasteiger partial charge in [-0.05, 0) is 56.6 Å². The second kappa shape index (κ2) is 10.2. The number of carbonyl (C=O) groups is 1. The third-order valence-electron chi connectivity index (χ3n) is 5.47. The molecule has 2 aromatic carbocycles. The van der Waals surface area contributed by atoms with Crippen molar-refractivity contribution in [2.75, 3.05) is 33.9 Å². The van der Waals surface area contributed by atoms with Gasteiger partial charge in [-0.3, -0.25) is 9.69 Å². The van der Waals surface area contributed by atoms with Gasteiger partial charge in [0.1, 0.15) is 17.2 Å². The molecule has 162 valence electrons. The molecule has 1 fully saturated rings. The van der Waals surface area contributed by atoms with Gasteiger partial charge in [0.25, 0.3) is 0 Å². The van der Waals surface area contributed by atoms with Gasteiger partial charge in [0, 0.05) is 16.6 Å². The second-order valence-electron chi connectivity index (χ2n) is 7.27. The lowest BCUT2D eigenvalue weighted by Gasteiger charge is -2.39. The Morgan fingerprint density at radius 2 is 1.90 bits per heavy atom. The predicted octanol–water partition coefficient (Wildman–Crippen LogP) is 4.75. The maximum absolute atomic E-state index is 11.8. The molecule has 6 nitrogen and oxygen atoms in total. The summed E-state index contributed by atoms with van der Waals surface area (Å²) in [5.74, 6) is 0.976. The van der Waals surface area contributed by atoms with Gasteiger partial charge in [-0.25, -0.2) is 0 Å². The number of nitrogens with zero attached hydrogens (tertiary/aromatic N) is 1. The Morgan fingerprint density at radius 3 is 2.50 bits per heavy atom. The maximum atomic E-state index is 11.8. The van der Waals surface area contributed by atoms with Crippen molar-refractivity contribution in [3.8, 4) is 17.2 Å². The second-order valence-corrected chi connectivity index (χ2v) is 8.18. The summed E-state index contributed by atoms with van der Waals surface area (Å²) in [6.07, 6.45) is 1.49. The minimum atomic E-state index is -0.760. The molecule has 0 aromatic heterocycles. The zero-order chi connectivity index (χ0) is 21.7. The number of methoxy groups -OCH3 is 2. The molecule has 1 heterocycles. The van der Waals surface area contributed by atoms with Gasteiger partial charge in [0.15, 0.2) is 0 Å². The van der Waals surface area contributed by atoms with Crippen LogP contribution in [0.2, 0.25) is 0 Å². The first-order valence-corrected chi connectivity index (χ1v) is 10.9. The van der Waals surface area contributed by atoms with Crippen molar-refractivity contribution < 1.29 is 24.1 Å². The molecular formula is C23H28BrNO5. The number of rotatable bonds is 8. The molecule has 0 aliphatic carbocycles. The highest BCUT2D eigenvalue weighted by molar-refractivity contribution is 9.10. The average Bonchev–Trinajstić information content (AvgIpc) is 2.76. The molecule has 1 N–H and O–H groups in total.